The van der Waals surface area contributed by atoms with E-state index in [1.54, 1.807) is 18.4 Å². The van der Waals surface area contributed by atoms with Crippen molar-refractivity contribution in [1.29, 1.82) is 0 Å². The van der Waals surface area contributed by atoms with E-state index in [1.165, 1.54) is 11.1 Å². The second-order valence-corrected chi connectivity index (χ2v) is 6.24. The highest BCUT2D eigenvalue weighted by molar-refractivity contribution is 7.07. The van der Waals surface area contributed by atoms with E-state index in [1.807, 2.05) is 29.8 Å². The van der Waals surface area contributed by atoms with E-state index < -0.39 is 0 Å². The first-order chi connectivity index (χ1) is 11.3. The zero-order valence-electron chi connectivity index (χ0n) is 13.1. The fourth-order valence-corrected chi connectivity index (χ4v) is 3.31. The van der Waals surface area contributed by atoms with Gasteiger partial charge in [0.05, 0.1) is 7.11 Å². The fraction of sp³-hybridized carbons (Fsp3) is 0.278. The summed E-state index contributed by atoms with van der Waals surface area (Å²) in [5.74, 6) is 0.951. The number of H-pyrrole nitrogens is 1. The van der Waals surface area contributed by atoms with Gasteiger partial charge in [0.15, 0.2) is 0 Å². The molecule has 0 saturated carbocycles. The lowest BCUT2D eigenvalue weighted by Gasteiger charge is -2.05. The molecule has 0 aliphatic heterocycles. The van der Waals surface area contributed by atoms with Crippen LogP contribution in [0.4, 0.5) is 0 Å². The van der Waals surface area contributed by atoms with Crippen molar-refractivity contribution < 1.29 is 9.53 Å². The van der Waals surface area contributed by atoms with Gasteiger partial charge in [0, 0.05) is 30.1 Å². The van der Waals surface area contributed by atoms with Crippen molar-refractivity contribution in [2.75, 3.05) is 13.7 Å². The van der Waals surface area contributed by atoms with Gasteiger partial charge in [-0.3, -0.25) is 4.79 Å². The molecule has 0 saturated heterocycles. The van der Waals surface area contributed by atoms with Crippen LogP contribution in [0, 0.1) is 0 Å². The number of aromatic nitrogens is 1. The van der Waals surface area contributed by atoms with Gasteiger partial charge in [0.1, 0.15) is 5.75 Å². The van der Waals surface area contributed by atoms with Crippen LogP contribution in [0.15, 0.2) is 41.2 Å². The molecule has 1 amide bonds. The molecular weight excluding hydrogens is 308 g/mol. The van der Waals surface area contributed by atoms with Gasteiger partial charge in [0.25, 0.3) is 0 Å². The Kier molecular flexibility index (Phi) is 4.98. The molecule has 1 aromatic carbocycles. The predicted molar refractivity (Wildman–Crippen MR) is 94.2 cm³/mol. The van der Waals surface area contributed by atoms with Crippen molar-refractivity contribution in [2.24, 2.45) is 0 Å². The Morgan fingerprint density at radius 2 is 2.22 bits per heavy atom. The third-order valence-electron chi connectivity index (χ3n) is 3.91. The van der Waals surface area contributed by atoms with Gasteiger partial charge in [-0.15, -0.1) is 0 Å². The highest BCUT2D eigenvalue weighted by Crippen LogP contribution is 2.23. The van der Waals surface area contributed by atoms with E-state index in [9.17, 15) is 4.79 Å². The molecule has 5 heteroatoms. The topological polar surface area (TPSA) is 54.1 Å². The minimum absolute atomic E-state index is 0.105. The van der Waals surface area contributed by atoms with Crippen molar-refractivity contribution >= 4 is 28.1 Å². The van der Waals surface area contributed by atoms with Gasteiger partial charge in [-0.25, -0.2) is 0 Å². The van der Waals surface area contributed by atoms with Crippen LogP contribution in [-0.4, -0.2) is 24.5 Å². The lowest BCUT2D eigenvalue weighted by Crippen LogP contribution is -2.25. The third kappa shape index (κ3) is 3.93. The SMILES string of the molecule is COc1ccc2[nH]cc(CCNC(=O)CCc3ccsc3)c2c1. The van der Waals surface area contributed by atoms with Crippen molar-refractivity contribution in [3.63, 3.8) is 0 Å². The van der Waals surface area contributed by atoms with E-state index in [4.69, 9.17) is 4.74 Å². The number of aromatic amines is 1. The molecule has 0 spiro atoms. The summed E-state index contributed by atoms with van der Waals surface area (Å²) in [5.41, 5.74) is 3.51. The Hall–Kier alpha value is -2.27. The van der Waals surface area contributed by atoms with E-state index >= 15 is 0 Å². The number of aryl methyl sites for hydroxylation is 1. The second kappa shape index (κ2) is 7.33. The molecule has 0 radical (unpaired) electrons. The number of carbonyl (C=O) groups is 1. The lowest BCUT2D eigenvalue weighted by atomic mass is 10.1. The van der Waals surface area contributed by atoms with Crippen LogP contribution in [0.25, 0.3) is 10.9 Å². The van der Waals surface area contributed by atoms with E-state index in [0.717, 1.165) is 29.5 Å². The van der Waals surface area contributed by atoms with Crippen LogP contribution in [-0.2, 0) is 17.6 Å². The number of methoxy groups -OCH3 is 1. The molecule has 0 bridgehead atoms. The summed E-state index contributed by atoms with van der Waals surface area (Å²) in [5, 5.41) is 8.28. The molecule has 0 aliphatic carbocycles. The minimum atomic E-state index is 0.105. The number of hydrogen-bond acceptors (Lipinski definition) is 3. The molecule has 0 fully saturated rings. The van der Waals surface area contributed by atoms with Crippen LogP contribution < -0.4 is 10.1 Å². The van der Waals surface area contributed by atoms with Crippen molar-refractivity contribution in [2.45, 2.75) is 19.3 Å². The van der Waals surface area contributed by atoms with Crippen LogP contribution in [0.1, 0.15) is 17.5 Å². The molecule has 3 rings (SSSR count). The van der Waals surface area contributed by atoms with Gasteiger partial charge in [-0.2, -0.15) is 11.3 Å². The summed E-state index contributed by atoms with van der Waals surface area (Å²) >= 11 is 1.67. The first kappa shape index (κ1) is 15.6. The Balaban J connectivity index is 1.51. The van der Waals surface area contributed by atoms with Gasteiger partial charge in [-0.1, -0.05) is 0 Å². The molecule has 4 nitrogen and oxygen atoms in total. The van der Waals surface area contributed by atoms with E-state index in [0.29, 0.717) is 13.0 Å². The second-order valence-electron chi connectivity index (χ2n) is 5.46. The van der Waals surface area contributed by atoms with Crippen LogP contribution in [0.5, 0.6) is 5.75 Å². The molecule has 0 atom stereocenters. The zero-order valence-corrected chi connectivity index (χ0v) is 13.9. The summed E-state index contributed by atoms with van der Waals surface area (Å²) in [6, 6.07) is 8.04. The normalized spacial score (nSPS) is 10.8. The molecule has 2 heterocycles. The first-order valence-corrected chi connectivity index (χ1v) is 8.62. The molecule has 120 valence electrons. The molecule has 0 unspecified atom stereocenters. The lowest BCUT2D eigenvalue weighted by molar-refractivity contribution is -0.121. The number of carbonyl (C=O) groups excluding carboxylic acids is 1. The first-order valence-electron chi connectivity index (χ1n) is 7.68. The molecule has 2 N–H and O–H groups in total. The summed E-state index contributed by atoms with van der Waals surface area (Å²) in [6.45, 7) is 0.645. The maximum Gasteiger partial charge on any atom is 0.220 e. The molecular formula is C18H20N2O2S. The predicted octanol–water partition coefficient (Wildman–Crippen LogP) is 3.53. The Morgan fingerprint density at radius 1 is 1.30 bits per heavy atom. The summed E-state index contributed by atoms with van der Waals surface area (Å²) in [6.07, 6.45) is 4.15. The van der Waals surface area contributed by atoms with Gasteiger partial charge in [0.2, 0.25) is 5.91 Å². The number of amides is 1. The number of hydrogen-bond donors (Lipinski definition) is 2. The van der Waals surface area contributed by atoms with Crippen LogP contribution in [0.3, 0.4) is 0 Å². The fourth-order valence-electron chi connectivity index (χ4n) is 2.61. The van der Waals surface area contributed by atoms with Gasteiger partial charge >= 0.3 is 0 Å². The number of fused-ring (bicyclic) bond motifs is 1. The maximum atomic E-state index is 11.9. The highest BCUT2D eigenvalue weighted by Gasteiger charge is 2.07. The van der Waals surface area contributed by atoms with Crippen molar-refractivity contribution in [1.82, 2.24) is 10.3 Å². The standard InChI is InChI=1S/C18H20N2O2S/c1-22-15-3-4-17-16(10-15)14(11-20-17)6-8-19-18(21)5-2-13-7-9-23-12-13/h3-4,7,9-12,20H,2,5-6,8H2,1H3,(H,19,21). The van der Waals surface area contributed by atoms with Crippen molar-refractivity contribution in [3.05, 3.63) is 52.3 Å². The zero-order chi connectivity index (χ0) is 16.1. The summed E-state index contributed by atoms with van der Waals surface area (Å²) < 4.78 is 5.27. The minimum Gasteiger partial charge on any atom is -0.497 e. The molecule has 3 aromatic rings. The molecule has 23 heavy (non-hydrogen) atoms. The van der Waals surface area contributed by atoms with Crippen LogP contribution in [0.2, 0.25) is 0 Å². The highest BCUT2D eigenvalue weighted by atomic mass is 32.1. The average molecular weight is 328 g/mol. The number of benzene rings is 1. The number of nitrogens with one attached hydrogen (secondary N) is 2. The van der Waals surface area contributed by atoms with Crippen molar-refractivity contribution in [3.8, 4) is 5.75 Å². The Labute approximate surface area is 139 Å². The monoisotopic (exact) mass is 328 g/mol. The van der Waals surface area contributed by atoms with E-state index in [-0.39, 0.29) is 5.91 Å². The summed E-state index contributed by atoms with van der Waals surface area (Å²) in [4.78, 5) is 15.1. The molecule has 2 aromatic heterocycles. The third-order valence-corrected chi connectivity index (χ3v) is 4.64. The maximum absolute atomic E-state index is 11.9. The molecule has 0 aliphatic rings. The van der Waals surface area contributed by atoms with Gasteiger partial charge < -0.3 is 15.0 Å². The largest absolute Gasteiger partial charge is 0.497 e. The number of ether oxygens (including phenoxy) is 1. The van der Waals surface area contributed by atoms with Crippen LogP contribution >= 0.6 is 11.3 Å². The average Bonchev–Trinajstić information content (AvgIpc) is 3.22. The van der Waals surface area contributed by atoms with Gasteiger partial charge in [-0.05, 0) is 59.0 Å². The number of thiophene rings is 1. The van der Waals surface area contributed by atoms with E-state index in [2.05, 4.69) is 21.7 Å². The summed E-state index contributed by atoms with van der Waals surface area (Å²) in [7, 11) is 1.67. The number of rotatable bonds is 7. The quantitative estimate of drug-likeness (QED) is 0.697. The Morgan fingerprint density at radius 3 is 3.00 bits per heavy atom. The Bertz CT molecular complexity index is 778. The smallest absolute Gasteiger partial charge is 0.220 e.